The van der Waals surface area contributed by atoms with Crippen molar-refractivity contribution in [2.45, 2.75) is 39.3 Å². The molecule has 1 rings (SSSR count). The molecule has 0 radical (unpaired) electrons. The normalized spacial score (nSPS) is 10.8. The summed E-state index contributed by atoms with van der Waals surface area (Å²) in [6, 6.07) is 7.11. The van der Waals surface area contributed by atoms with Crippen LogP contribution < -0.4 is 16.0 Å². The number of hydrogen-bond donors (Lipinski definition) is 3. The minimum atomic E-state index is -0.661. The number of nitrogens with one attached hydrogen (secondary N) is 3. The van der Waals surface area contributed by atoms with Gasteiger partial charge in [-0.2, -0.15) is 0 Å². The summed E-state index contributed by atoms with van der Waals surface area (Å²) in [5.41, 5.74) is 0.688. The molecule has 0 aliphatic rings. The molecule has 8 nitrogen and oxygen atoms in total. The molecule has 26 heavy (non-hydrogen) atoms. The number of rotatable bonds is 8. The van der Waals surface area contributed by atoms with Crippen molar-refractivity contribution in [1.29, 1.82) is 0 Å². The average Bonchev–Trinajstić information content (AvgIpc) is 2.56. The van der Waals surface area contributed by atoms with Gasteiger partial charge in [-0.3, -0.25) is 9.59 Å². The summed E-state index contributed by atoms with van der Waals surface area (Å²) in [5.74, 6) is -0.534. The quantitative estimate of drug-likeness (QED) is 0.651. The molecule has 8 heteroatoms. The van der Waals surface area contributed by atoms with Crippen LogP contribution in [0.15, 0.2) is 24.3 Å². The van der Waals surface area contributed by atoms with Crippen LogP contribution in [-0.2, 0) is 25.6 Å². The third-order valence-corrected chi connectivity index (χ3v) is 3.09. The lowest BCUT2D eigenvalue weighted by atomic mass is 10.1. The van der Waals surface area contributed by atoms with Crippen molar-refractivity contribution in [2.75, 3.05) is 25.6 Å². The second kappa shape index (κ2) is 10.4. The van der Waals surface area contributed by atoms with Gasteiger partial charge in [0.1, 0.15) is 12.1 Å². The fourth-order valence-corrected chi connectivity index (χ4v) is 1.93. The van der Waals surface area contributed by atoms with E-state index in [0.29, 0.717) is 12.3 Å². The second-order valence-electron chi connectivity index (χ2n) is 6.58. The van der Waals surface area contributed by atoms with Gasteiger partial charge in [-0.25, -0.2) is 4.79 Å². The third kappa shape index (κ3) is 9.03. The van der Waals surface area contributed by atoms with E-state index in [1.165, 1.54) is 7.11 Å². The number of carbonyl (C=O) groups excluding carboxylic acids is 3. The van der Waals surface area contributed by atoms with Crippen LogP contribution in [-0.4, -0.2) is 43.8 Å². The van der Waals surface area contributed by atoms with Crippen LogP contribution in [0.25, 0.3) is 0 Å². The predicted molar refractivity (Wildman–Crippen MR) is 97.6 cm³/mol. The van der Waals surface area contributed by atoms with E-state index in [4.69, 9.17) is 9.47 Å². The molecule has 0 atom stereocenters. The first-order valence-corrected chi connectivity index (χ1v) is 8.31. The zero-order chi connectivity index (χ0) is 19.6. The van der Waals surface area contributed by atoms with Crippen LogP contribution in [0.3, 0.4) is 0 Å². The SMILES string of the molecule is COCCC(=O)NCc1ccccc1NC(=O)CNC(=O)OC(C)(C)C. The fraction of sp³-hybridized carbons (Fsp3) is 0.500. The van der Waals surface area contributed by atoms with E-state index >= 15 is 0 Å². The number of ether oxygens (including phenoxy) is 2. The summed E-state index contributed by atoms with van der Waals surface area (Å²) in [6.45, 7) is 5.62. The number of benzene rings is 1. The zero-order valence-corrected chi connectivity index (χ0v) is 15.7. The van der Waals surface area contributed by atoms with Gasteiger partial charge in [0.15, 0.2) is 0 Å². The average molecular weight is 365 g/mol. The van der Waals surface area contributed by atoms with Gasteiger partial charge >= 0.3 is 6.09 Å². The Morgan fingerprint density at radius 2 is 1.73 bits per heavy atom. The van der Waals surface area contributed by atoms with Crippen molar-refractivity contribution >= 4 is 23.6 Å². The van der Waals surface area contributed by atoms with Crippen molar-refractivity contribution in [3.8, 4) is 0 Å². The molecule has 0 aromatic heterocycles. The van der Waals surface area contributed by atoms with E-state index in [0.717, 1.165) is 5.56 Å². The van der Waals surface area contributed by atoms with Gasteiger partial charge < -0.3 is 25.4 Å². The Morgan fingerprint density at radius 1 is 1.04 bits per heavy atom. The molecule has 0 spiro atoms. The molecular weight excluding hydrogens is 338 g/mol. The molecule has 0 aliphatic carbocycles. The van der Waals surface area contributed by atoms with Crippen LogP contribution in [0, 0.1) is 0 Å². The van der Waals surface area contributed by atoms with Crippen molar-refractivity contribution < 1.29 is 23.9 Å². The Balaban J connectivity index is 2.52. The summed E-state index contributed by atoms with van der Waals surface area (Å²) in [6.07, 6.45) is -0.392. The summed E-state index contributed by atoms with van der Waals surface area (Å²) >= 11 is 0. The van der Waals surface area contributed by atoms with Crippen LogP contribution in [0.1, 0.15) is 32.8 Å². The molecule has 3 N–H and O–H groups in total. The highest BCUT2D eigenvalue weighted by molar-refractivity contribution is 5.94. The standard InChI is InChI=1S/C18H27N3O5/c1-18(2,3)26-17(24)20-12-16(23)21-14-8-6-5-7-13(14)11-19-15(22)9-10-25-4/h5-8H,9-12H2,1-4H3,(H,19,22)(H,20,24)(H,21,23). The van der Waals surface area contributed by atoms with Gasteiger partial charge in [0.25, 0.3) is 0 Å². The van der Waals surface area contributed by atoms with E-state index in [1.807, 2.05) is 6.07 Å². The highest BCUT2D eigenvalue weighted by Crippen LogP contribution is 2.14. The molecule has 0 bridgehead atoms. The molecule has 0 fully saturated rings. The Labute approximate surface area is 153 Å². The van der Waals surface area contributed by atoms with Crippen LogP contribution in [0.4, 0.5) is 10.5 Å². The first kappa shape index (κ1) is 21.4. The van der Waals surface area contributed by atoms with E-state index in [-0.39, 0.29) is 25.4 Å². The maximum Gasteiger partial charge on any atom is 0.408 e. The van der Waals surface area contributed by atoms with E-state index in [9.17, 15) is 14.4 Å². The number of amides is 3. The van der Waals surface area contributed by atoms with Crippen LogP contribution >= 0.6 is 0 Å². The number of anilines is 1. The molecule has 0 saturated heterocycles. The Bertz CT molecular complexity index is 625. The summed E-state index contributed by atoms with van der Waals surface area (Å²) < 4.78 is 9.93. The van der Waals surface area contributed by atoms with Crippen LogP contribution in [0.5, 0.6) is 0 Å². The van der Waals surface area contributed by atoms with E-state index in [1.54, 1.807) is 39.0 Å². The van der Waals surface area contributed by atoms with Crippen molar-refractivity contribution in [1.82, 2.24) is 10.6 Å². The lowest BCUT2D eigenvalue weighted by molar-refractivity contribution is -0.122. The van der Waals surface area contributed by atoms with Gasteiger partial charge in [0, 0.05) is 25.8 Å². The lowest BCUT2D eigenvalue weighted by Gasteiger charge is -2.19. The second-order valence-corrected chi connectivity index (χ2v) is 6.58. The predicted octanol–water partition coefficient (Wildman–Crippen LogP) is 1.80. The molecule has 144 valence electrons. The van der Waals surface area contributed by atoms with Crippen molar-refractivity contribution in [3.05, 3.63) is 29.8 Å². The van der Waals surface area contributed by atoms with Gasteiger partial charge in [-0.15, -0.1) is 0 Å². The molecule has 0 unspecified atom stereocenters. The van der Waals surface area contributed by atoms with E-state index in [2.05, 4.69) is 16.0 Å². The molecule has 1 aromatic carbocycles. The Kier molecular flexibility index (Phi) is 8.57. The summed E-state index contributed by atoms with van der Waals surface area (Å²) in [4.78, 5) is 35.3. The molecule has 0 aliphatic heterocycles. The Morgan fingerprint density at radius 3 is 2.38 bits per heavy atom. The number of hydrogen-bond acceptors (Lipinski definition) is 5. The molecule has 0 saturated carbocycles. The minimum absolute atomic E-state index is 0.139. The number of carbonyl (C=O) groups is 3. The molecule has 0 heterocycles. The minimum Gasteiger partial charge on any atom is -0.444 e. The molecular formula is C18H27N3O5. The highest BCUT2D eigenvalue weighted by Gasteiger charge is 2.17. The van der Waals surface area contributed by atoms with Crippen molar-refractivity contribution in [3.63, 3.8) is 0 Å². The summed E-state index contributed by atoms with van der Waals surface area (Å²) in [7, 11) is 1.53. The maximum absolute atomic E-state index is 12.0. The smallest absolute Gasteiger partial charge is 0.408 e. The van der Waals surface area contributed by atoms with Gasteiger partial charge in [0.2, 0.25) is 11.8 Å². The maximum atomic E-state index is 12.0. The van der Waals surface area contributed by atoms with Crippen LogP contribution in [0.2, 0.25) is 0 Å². The number of para-hydroxylation sites is 1. The highest BCUT2D eigenvalue weighted by atomic mass is 16.6. The number of methoxy groups -OCH3 is 1. The lowest BCUT2D eigenvalue weighted by Crippen LogP contribution is -2.37. The Hall–Kier alpha value is -2.61. The van der Waals surface area contributed by atoms with Gasteiger partial charge in [-0.1, -0.05) is 18.2 Å². The number of alkyl carbamates (subject to hydrolysis) is 1. The monoisotopic (exact) mass is 365 g/mol. The summed E-state index contributed by atoms with van der Waals surface area (Å²) in [5, 5.41) is 7.87. The first-order chi connectivity index (χ1) is 12.2. The molecule has 1 aromatic rings. The fourth-order valence-electron chi connectivity index (χ4n) is 1.93. The topological polar surface area (TPSA) is 106 Å². The van der Waals surface area contributed by atoms with E-state index < -0.39 is 17.6 Å². The largest absolute Gasteiger partial charge is 0.444 e. The van der Waals surface area contributed by atoms with Gasteiger partial charge in [-0.05, 0) is 32.4 Å². The van der Waals surface area contributed by atoms with Gasteiger partial charge in [0.05, 0.1) is 6.61 Å². The molecule has 3 amide bonds. The van der Waals surface area contributed by atoms with Crippen molar-refractivity contribution in [2.24, 2.45) is 0 Å². The zero-order valence-electron chi connectivity index (χ0n) is 15.7. The third-order valence-electron chi connectivity index (χ3n) is 3.09. The first-order valence-electron chi connectivity index (χ1n) is 8.31.